The maximum atomic E-state index is 13.6. The lowest BCUT2D eigenvalue weighted by molar-refractivity contribution is -0.131. The molecule has 1 atom stereocenters. The molecule has 4 aromatic rings. The molecule has 172 valence electrons. The fraction of sp³-hybridized carbons (Fsp3) is 0.296. The number of rotatable bonds is 5. The molecule has 3 heterocycles. The molecule has 1 aliphatic carbocycles. The molecule has 1 unspecified atom stereocenters. The summed E-state index contributed by atoms with van der Waals surface area (Å²) in [5.41, 5.74) is 4.52. The Balaban J connectivity index is 1.30. The van der Waals surface area contributed by atoms with E-state index in [1.165, 1.54) is 6.07 Å². The van der Waals surface area contributed by atoms with Crippen molar-refractivity contribution in [3.05, 3.63) is 71.6 Å². The minimum Gasteiger partial charge on any atom is -0.342 e. The van der Waals surface area contributed by atoms with Crippen molar-refractivity contribution >= 4 is 28.7 Å². The summed E-state index contributed by atoms with van der Waals surface area (Å²) in [6.45, 7) is 2.41. The molecule has 0 radical (unpaired) electrons. The van der Waals surface area contributed by atoms with Crippen LogP contribution in [-0.2, 0) is 11.3 Å². The number of likely N-dealkylation sites (tertiary alicyclic amines) is 1. The van der Waals surface area contributed by atoms with E-state index in [0.29, 0.717) is 11.8 Å². The molecule has 2 fully saturated rings. The second-order valence-electron chi connectivity index (χ2n) is 9.31. The largest absolute Gasteiger partial charge is 0.342 e. The van der Waals surface area contributed by atoms with Crippen LogP contribution in [0.15, 0.2) is 60.8 Å². The van der Waals surface area contributed by atoms with E-state index in [1.54, 1.807) is 18.3 Å². The topological polar surface area (TPSA) is 51.0 Å². The average molecular weight is 475 g/mol. The minimum absolute atomic E-state index is 0.111. The first-order valence-corrected chi connectivity index (χ1v) is 12.1. The molecule has 1 saturated carbocycles. The molecule has 1 aliphatic heterocycles. The zero-order valence-electron chi connectivity index (χ0n) is 18.6. The van der Waals surface area contributed by atoms with Crippen LogP contribution in [0, 0.1) is 17.7 Å². The van der Waals surface area contributed by atoms with Crippen molar-refractivity contribution in [1.82, 2.24) is 19.4 Å². The standard InChI is InChI=1S/C27H24ClFN4O/c28-22-14-21(9-10-23(22)29)18-3-5-19(6-4-18)25-31-24-2-1-12-30-26(24)33(25)16-17-11-13-32(15-17)27(34)20-7-8-20/h1-6,9-10,12,14,17,20H,7-8,11,13,15-16H2. The number of benzene rings is 2. The summed E-state index contributed by atoms with van der Waals surface area (Å²) in [5.74, 6) is 1.41. The summed E-state index contributed by atoms with van der Waals surface area (Å²) >= 11 is 5.97. The highest BCUT2D eigenvalue weighted by atomic mass is 35.5. The van der Waals surface area contributed by atoms with Crippen LogP contribution in [-0.4, -0.2) is 38.4 Å². The number of carbonyl (C=O) groups excluding carboxylic acids is 1. The summed E-state index contributed by atoms with van der Waals surface area (Å²) in [6.07, 6.45) is 4.87. The quantitative estimate of drug-likeness (QED) is 0.366. The van der Waals surface area contributed by atoms with Crippen LogP contribution < -0.4 is 0 Å². The Kier molecular flexibility index (Phi) is 5.33. The lowest BCUT2D eigenvalue weighted by Gasteiger charge is -2.17. The monoisotopic (exact) mass is 474 g/mol. The highest BCUT2D eigenvalue weighted by Crippen LogP contribution is 2.34. The maximum absolute atomic E-state index is 13.6. The van der Waals surface area contributed by atoms with Crippen molar-refractivity contribution in [3.8, 4) is 22.5 Å². The Labute approximate surface area is 202 Å². The first kappa shape index (κ1) is 21.3. The lowest BCUT2D eigenvalue weighted by atomic mass is 10.0. The second kappa shape index (κ2) is 8.51. The van der Waals surface area contributed by atoms with Gasteiger partial charge in [0.15, 0.2) is 5.65 Å². The lowest BCUT2D eigenvalue weighted by Crippen LogP contribution is -2.30. The molecule has 0 bridgehead atoms. The van der Waals surface area contributed by atoms with Gasteiger partial charge in [0.1, 0.15) is 17.2 Å². The van der Waals surface area contributed by atoms with Gasteiger partial charge in [0, 0.05) is 37.3 Å². The van der Waals surface area contributed by atoms with Gasteiger partial charge in [-0.25, -0.2) is 14.4 Å². The predicted octanol–water partition coefficient (Wildman–Crippen LogP) is 5.82. The van der Waals surface area contributed by atoms with Gasteiger partial charge in [0.25, 0.3) is 0 Å². The Morgan fingerprint density at radius 1 is 1.03 bits per heavy atom. The molecule has 2 aromatic heterocycles. The number of halogens is 2. The van der Waals surface area contributed by atoms with Gasteiger partial charge < -0.3 is 9.47 Å². The van der Waals surface area contributed by atoms with Crippen molar-refractivity contribution in [2.45, 2.75) is 25.8 Å². The third-order valence-corrected chi connectivity index (χ3v) is 7.15. The highest BCUT2D eigenvalue weighted by molar-refractivity contribution is 6.31. The van der Waals surface area contributed by atoms with Gasteiger partial charge in [-0.1, -0.05) is 41.9 Å². The van der Waals surface area contributed by atoms with E-state index < -0.39 is 5.82 Å². The Bertz CT molecular complexity index is 1380. The Morgan fingerprint density at radius 3 is 2.56 bits per heavy atom. The molecule has 7 heteroatoms. The molecule has 1 saturated heterocycles. The molecule has 34 heavy (non-hydrogen) atoms. The van der Waals surface area contributed by atoms with Crippen LogP contribution in [0.4, 0.5) is 4.39 Å². The summed E-state index contributed by atoms with van der Waals surface area (Å²) in [4.78, 5) is 24.1. The number of carbonyl (C=O) groups is 1. The number of fused-ring (bicyclic) bond motifs is 1. The third kappa shape index (κ3) is 3.96. The molecule has 2 aliphatic rings. The number of pyridine rings is 1. The average Bonchev–Trinajstić information content (AvgIpc) is 3.50. The fourth-order valence-corrected chi connectivity index (χ4v) is 5.05. The van der Waals surface area contributed by atoms with E-state index in [0.717, 1.165) is 72.6 Å². The third-order valence-electron chi connectivity index (χ3n) is 6.86. The van der Waals surface area contributed by atoms with E-state index in [1.807, 2.05) is 41.3 Å². The number of hydrogen-bond donors (Lipinski definition) is 0. The van der Waals surface area contributed by atoms with Gasteiger partial charge in [-0.05, 0) is 60.6 Å². The zero-order chi connectivity index (χ0) is 23.2. The number of imidazole rings is 1. The predicted molar refractivity (Wildman–Crippen MR) is 131 cm³/mol. The van der Waals surface area contributed by atoms with Crippen LogP contribution >= 0.6 is 11.6 Å². The summed E-state index contributed by atoms with van der Waals surface area (Å²) in [7, 11) is 0. The van der Waals surface area contributed by atoms with Gasteiger partial charge in [-0.15, -0.1) is 0 Å². The number of amides is 1. The minimum atomic E-state index is -0.424. The SMILES string of the molecule is O=C(C1CC1)N1CCC(Cn2c(-c3ccc(-c4ccc(F)c(Cl)c4)cc3)nc3cccnc32)C1. The molecular weight excluding hydrogens is 451 g/mol. The Morgan fingerprint density at radius 2 is 1.79 bits per heavy atom. The molecule has 0 spiro atoms. The summed E-state index contributed by atoms with van der Waals surface area (Å²) < 4.78 is 15.7. The zero-order valence-corrected chi connectivity index (χ0v) is 19.4. The van der Waals surface area contributed by atoms with Gasteiger partial charge >= 0.3 is 0 Å². The van der Waals surface area contributed by atoms with Crippen molar-refractivity contribution in [3.63, 3.8) is 0 Å². The first-order valence-electron chi connectivity index (χ1n) is 11.7. The molecular formula is C27H24ClFN4O. The van der Waals surface area contributed by atoms with Crippen LogP contribution in [0.3, 0.4) is 0 Å². The number of aromatic nitrogens is 3. The van der Waals surface area contributed by atoms with E-state index in [-0.39, 0.29) is 10.9 Å². The van der Waals surface area contributed by atoms with E-state index >= 15 is 0 Å². The molecule has 0 N–H and O–H groups in total. The first-order chi connectivity index (χ1) is 16.6. The molecule has 5 nitrogen and oxygen atoms in total. The molecule has 6 rings (SSSR count). The van der Waals surface area contributed by atoms with Gasteiger partial charge in [0.2, 0.25) is 5.91 Å². The summed E-state index contributed by atoms with van der Waals surface area (Å²) in [6, 6.07) is 16.7. The number of hydrogen-bond acceptors (Lipinski definition) is 3. The maximum Gasteiger partial charge on any atom is 0.225 e. The Hall–Kier alpha value is -3.25. The van der Waals surface area contributed by atoms with E-state index in [2.05, 4.69) is 9.55 Å². The second-order valence-corrected chi connectivity index (χ2v) is 9.72. The van der Waals surface area contributed by atoms with Crippen molar-refractivity contribution in [2.24, 2.45) is 11.8 Å². The van der Waals surface area contributed by atoms with Gasteiger partial charge in [-0.3, -0.25) is 4.79 Å². The molecule has 1 amide bonds. The fourth-order valence-electron chi connectivity index (χ4n) is 4.87. The van der Waals surface area contributed by atoms with E-state index in [4.69, 9.17) is 16.6 Å². The smallest absolute Gasteiger partial charge is 0.225 e. The normalized spacial score (nSPS) is 18.1. The molecule has 2 aromatic carbocycles. The van der Waals surface area contributed by atoms with Crippen molar-refractivity contribution in [1.29, 1.82) is 0 Å². The van der Waals surface area contributed by atoms with Gasteiger partial charge in [0.05, 0.1) is 5.02 Å². The number of nitrogens with zero attached hydrogens (tertiary/aromatic N) is 4. The highest BCUT2D eigenvalue weighted by Gasteiger charge is 2.36. The summed E-state index contributed by atoms with van der Waals surface area (Å²) in [5, 5.41) is 0.111. The van der Waals surface area contributed by atoms with E-state index in [9.17, 15) is 9.18 Å². The van der Waals surface area contributed by atoms with Gasteiger partial charge in [-0.2, -0.15) is 0 Å². The van der Waals surface area contributed by atoms with Crippen LogP contribution in [0.2, 0.25) is 5.02 Å². The van der Waals surface area contributed by atoms with Crippen LogP contribution in [0.25, 0.3) is 33.7 Å². The van der Waals surface area contributed by atoms with Crippen molar-refractivity contribution in [2.75, 3.05) is 13.1 Å². The van der Waals surface area contributed by atoms with Crippen molar-refractivity contribution < 1.29 is 9.18 Å². The van der Waals surface area contributed by atoms with Crippen LogP contribution in [0.5, 0.6) is 0 Å². The van der Waals surface area contributed by atoms with Crippen LogP contribution in [0.1, 0.15) is 19.3 Å².